The molecule has 4 atom stereocenters. The first-order valence-electron chi connectivity index (χ1n) is 10.7. The van der Waals surface area contributed by atoms with Gasteiger partial charge in [0.2, 0.25) is 0 Å². The minimum atomic E-state index is -1.47. The van der Waals surface area contributed by atoms with Crippen molar-refractivity contribution in [3.05, 3.63) is 53.5 Å². The molecule has 1 saturated heterocycles. The van der Waals surface area contributed by atoms with Gasteiger partial charge in [0.15, 0.2) is 0 Å². The Hall–Kier alpha value is 0.741. The first-order valence-corrected chi connectivity index (χ1v) is 18.9. The molecule has 2 heterocycles. The van der Waals surface area contributed by atoms with Crippen molar-refractivity contribution >= 4 is 44.2 Å². The molecule has 0 aromatic heterocycles. The van der Waals surface area contributed by atoms with Gasteiger partial charge in [-0.2, -0.15) is 0 Å². The molecule has 0 amide bonds. The Morgan fingerprint density at radius 3 is 2.33 bits per heavy atom. The summed E-state index contributed by atoms with van der Waals surface area (Å²) in [5.41, 5.74) is 4.04. The number of rotatable bonds is 4. The summed E-state index contributed by atoms with van der Waals surface area (Å²) in [5, 5.41) is 5.41. The number of fused-ring (bicyclic) bond motifs is 1. The first-order chi connectivity index (χ1) is 14.0. The summed E-state index contributed by atoms with van der Waals surface area (Å²) in [5.74, 6) is 1.66. The van der Waals surface area contributed by atoms with E-state index in [4.69, 9.17) is 18.6 Å². The van der Waals surface area contributed by atoms with Crippen LogP contribution in [0.15, 0.2) is 35.2 Å². The van der Waals surface area contributed by atoms with Gasteiger partial charge in [-0.3, -0.25) is 0 Å². The Bertz CT molecular complexity index is 698. The van der Waals surface area contributed by atoms with Crippen molar-refractivity contribution in [2.45, 2.75) is 50.6 Å². The van der Waals surface area contributed by atoms with Crippen molar-refractivity contribution in [2.24, 2.45) is 11.8 Å². The number of thioether (sulfide) groups is 1. The molecule has 1 aliphatic carbocycles. The molecule has 0 radical (unpaired) electrons. The van der Waals surface area contributed by atoms with Gasteiger partial charge >= 0.3 is 35.6 Å². The Morgan fingerprint density at radius 2 is 1.77 bits per heavy atom. The summed E-state index contributed by atoms with van der Waals surface area (Å²) in [6.07, 6.45) is 2.74. The monoisotopic (exact) mass is 518 g/mol. The van der Waals surface area contributed by atoms with E-state index in [2.05, 4.69) is 78.9 Å². The molecule has 2 nitrogen and oxygen atoms in total. The predicted molar refractivity (Wildman–Crippen MR) is 136 cm³/mol. The van der Waals surface area contributed by atoms with Crippen LogP contribution >= 0.6 is 30.4 Å². The Labute approximate surface area is 206 Å². The molecule has 0 bridgehead atoms. The standard InChI is InChI=1S/C22H33N2SSi.CH3.2ClH.Ti/c1-5-17-15-19-20(18-9-7-6-8-10-18)16(2)25-21(19)22(17)26(3,4)24-13-11-23-12-14-24;;;;/h6-10,17,19,21-22H,5,11-15H2,1-4H3;1H3;2*1H;/q2*-1;;;+2/p-2. The number of benzene rings is 1. The van der Waals surface area contributed by atoms with Gasteiger partial charge in [0.1, 0.15) is 8.24 Å². The fraction of sp³-hybridized carbons (Fsp3) is 0.609. The number of allylic oxidation sites excluding steroid dienone is 2. The van der Waals surface area contributed by atoms with E-state index in [0.717, 1.165) is 35.7 Å². The SMILES string of the molecule is CCC1CC2C(c3ccccc3)=C(C)SC2C1[Si](C)(C)N1CC[N-]CC1.[CH3-].[Cl][Ti][Cl]. The number of piperazine rings is 1. The third kappa shape index (κ3) is 5.62. The van der Waals surface area contributed by atoms with Crippen LogP contribution in [-0.2, 0) is 17.0 Å². The molecule has 4 rings (SSSR count). The van der Waals surface area contributed by atoms with Gasteiger partial charge < -0.3 is 17.3 Å². The Balaban J connectivity index is 0.000000757. The van der Waals surface area contributed by atoms with E-state index >= 15 is 0 Å². The second kappa shape index (κ2) is 12.3. The molecule has 2 fully saturated rings. The molecule has 0 spiro atoms. The Kier molecular flexibility index (Phi) is 11.0. The van der Waals surface area contributed by atoms with Crippen molar-refractivity contribution in [2.75, 3.05) is 26.2 Å². The van der Waals surface area contributed by atoms with Gasteiger partial charge in [-0.05, 0) is 59.9 Å². The first kappa shape index (κ1) is 27.0. The molecule has 2 aliphatic heterocycles. The zero-order valence-electron chi connectivity index (χ0n) is 19.0. The summed E-state index contributed by atoms with van der Waals surface area (Å²) < 4.78 is 2.88. The van der Waals surface area contributed by atoms with E-state index in [-0.39, 0.29) is 7.43 Å². The van der Waals surface area contributed by atoms with Crippen LogP contribution in [0.2, 0.25) is 18.6 Å². The molecule has 1 aromatic carbocycles. The van der Waals surface area contributed by atoms with Gasteiger partial charge in [-0.25, -0.2) is 0 Å². The fourth-order valence-corrected chi connectivity index (χ4v) is 13.0. The number of hydrogen-bond acceptors (Lipinski definition) is 2. The molecule has 7 heteroatoms. The normalized spacial score (nSPS) is 29.0. The molecule has 4 unspecified atom stereocenters. The van der Waals surface area contributed by atoms with Crippen molar-refractivity contribution in [1.29, 1.82) is 0 Å². The Morgan fingerprint density at radius 1 is 1.17 bits per heavy atom. The number of halogens is 2. The van der Waals surface area contributed by atoms with Crippen molar-refractivity contribution in [1.82, 2.24) is 4.57 Å². The van der Waals surface area contributed by atoms with E-state index in [1.54, 1.807) is 10.5 Å². The van der Waals surface area contributed by atoms with Crippen LogP contribution in [0.4, 0.5) is 0 Å². The summed E-state index contributed by atoms with van der Waals surface area (Å²) >= 11 is 1.67. The van der Waals surface area contributed by atoms with E-state index in [0.29, 0.717) is 0 Å². The van der Waals surface area contributed by atoms with Crippen LogP contribution in [-0.4, -0.2) is 44.2 Å². The summed E-state index contributed by atoms with van der Waals surface area (Å²) in [7, 11) is 8.30. The fourth-order valence-electron chi connectivity index (χ4n) is 5.92. The van der Waals surface area contributed by atoms with Crippen LogP contribution in [0.3, 0.4) is 0 Å². The van der Waals surface area contributed by atoms with Crippen LogP contribution in [0.1, 0.15) is 32.3 Å². The van der Waals surface area contributed by atoms with Crippen LogP contribution < -0.4 is 0 Å². The third-order valence-corrected chi connectivity index (χ3v) is 13.4. The van der Waals surface area contributed by atoms with Crippen molar-refractivity contribution < 1.29 is 17.0 Å². The van der Waals surface area contributed by atoms with E-state index in [9.17, 15) is 0 Å². The summed E-state index contributed by atoms with van der Waals surface area (Å²) in [6, 6.07) is 11.2. The molecule has 168 valence electrons. The van der Waals surface area contributed by atoms with Gasteiger partial charge in [-0.1, -0.05) is 56.8 Å². The zero-order chi connectivity index (χ0) is 21.0. The second-order valence-corrected chi connectivity index (χ2v) is 17.4. The molecular formula is C23H36Cl2N2SSiTi-2. The average Bonchev–Trinajstić information content (AvgIpc) is 3.23. The number of hydrogen-bond donors (Lipinski definition) is 0. The summed E-state index contributed by atoms with van der Waals surface area (Å²) in [4.78, 5) is 1.59. The van der Waals surface area contributed by atoms with Crippen LogP contribution in [0, 0.1) is 19.3 Å². The maximum atomic E-state index is 4.89. The maximum absolute atomic E-state index is 4.89. The molecule has 1 saturated carbocycles. The number of nitrogens with zero attached hydrogens (tertiary/aromatic N) is 2. The molecule has 30 heavy (non-hydrogen) atoms. The van der Waals surface area contributed by atoms with E-state index < -0.39 is 25.3 Å². The van der Waals surface area contributed by atoms with Gasteiger partial charge in [0, 0.05) is 5.25 Å². The van der Waals surface area contributed by atoms with Gasteiger partial charge in [0.25, 0.3) is 0 Å². The summed E-state index contributed by atoms with van der Waals surface area (Å²) in [6.45, 7) is 14.6. The molecular weight excluding hydrogens is 483 g/mol. The van der Waals surface area contributed by atoms with E-state index in [1.807, 2.05) is 0 Å². The molecule has 0 N–H and O–H groups in total. The zero-order valence-corrected chi connectivity index (χ0v) is 23.9. The van der Waals surface area contributed by atoms with Crippen molar-refractivity contribution in [3.63, 3.8) is 0 Å². The second-order valence-electron chi connectivity index (χ2n) is 8.84. The van der Waals surface area contributed by atoms with Gasteiger partial charge in [0.05, 0.1) is 0 Å². The topological polar surface area (TPSA) is 17.3 Å². The van der Waals surface area contributed by atoms with Crippen LogP contribution in [0.5, 0.6) is 0 Å². The van der Waals surface area contributed by atoms with E-state index in [1.165, 1.54) is 31.5 Å². The average molecular weight is 519 g/mol. The van der Waals surface area contributed by atoms with Gasteiger partial charge in [-0.15, -0.1) is 24.9 Å². The van der Waals surface area contributed by atoms with Crippen LogP contribution in [0.25, 0.3) is 10.9 Å². The minimum absolute atomic E-state index is 0. The van der Waals surface area contributed by atoms with Crippen molar-refractivity contribution in [3.8, 4) is 0 Å². The molecule has 1 aromatic rings. The predicted octanol–water partition coefficient (Wildman–Crippen LogP) is 7.67. The third-order valence-electron chi connectivity index (χ3n) is 7.17. The quantitative estimate of drug-likeness (QED) is 0.300. The molecule has 3 aliphatic rings.